The van der Waals surface area contributed by atoms with Gasteiger partial charge in [-0.05, 0) is 71.8 Å². The SMILES string of the molecule is CC1(C)c2ccccc2N(c2ccccc2)c2ccc(-c3nc4ccccc4c4nc5ccccc5n34)cc21. The molecule has 8 rings (SSSR count). The molecule has 0 aliphatic carbocycles. The largest absolute Gasteiger partial charge is 0.310 e. The van der Waals surface area contributed by atoms with Crippen LogP contribution in [0.3, 0.4) is 0 Å². The second kappa shape index (κ2) is 8.02. The monoisotopic (exact) mass is 502 g/mol. The highest BCUT2D eigenvalue weighted by molar-refractivity contribution is 5.98. The average Bonchev–Trinajstić information content (AvgIpc) is 3.38. The molecular formula is C35H26N4. The molecule has 4 nitrogen and oxygen atoms in total. The molecule has 0 atom stereocenters. The summed E-state index contributed by atoms with van der Waals surface area (Å²) in [5.41, 5.74) is 11.0. The summed E-state index contributed by atoms with van der Waals surface area (Å²) in [6.07, 6.45) is 0. The first-order valence-electron chi connectivity index (χ1n) is 13.4. The van der Waals surface area contributed by atoms with Gasteiger partial charge in [-0.3, -0.25) is 4.40 Å². The topological polar surface area (TPSA) is 33.4 Å². The molecule has 0 N–H and O–H groups in total. The second-order valence-corrected chi connectivity index (χ2v) is 10.8. The number of anilines is 3. The van der Waals surface area contributed by atoms with Gasteiger partial charge in [0.1, 0.15) is 11.5 Å². The Kier molecular flexibility index (Phi) is 4.54. The van der Waals surface area contributed by atoms with Crippen molar-refractivity contribution >= 4 is 44.6 Å². The molecule has 186 valence electrons. The number of rotatable bonds is 2. The van der Waals surface area contributed by atoms with Crippen molar-refractivity contribution in [1.82, 2.24) is 14.4 Å². The molecule has 39 heavy (non-hydrogen) atoms. The average molecular weight is 503 g/mol. The number of hydrogen-bond acceptors (Lipinski definition) is 3. The Bertz CT molecular complexity index is 2050. The minimum Gasteiger partial charge on any atom is -0.310 e. The van der Waals surface area contributed by atoms with Crippen LogP contribution in [-0.4, -0.2) is 14.4 Å². The smallest absolute Gasteiger partial charge is 0.149 e. The zero-order chi connectivity index (χ0) is 26.1. The van der Waals surface area contributed by atoms with Gasteiger partial charge in [-0.2, -0.15) is 0 Å². The van der Waals surface area contributed by atoms with Crippen LogP contribution in [0, 0.1) is 0 Å². The number of aromatic nitrogens is 3. The third-order valence-electron chi connectivity index (χ3n) is 8.15. The maximum Gasteiger partial charge on any atom is 0.149 e. The van der Waals surface area contributed by atoms with Crippen molar-refractivity contribution in [3.05, 3.63) is 132 Å². The van der Waals surface area contributed by atoms with E-state index in [2.05, 4.69) is 132 Å². The van der Waals surface area contributed by atoms with Crippen molar-refractivity contribution in [1.29, 1.82) is 0 Å². The molecule has 0 radical (unpaired) electrons. The van der Waals surface area contributed by atoms with Gasteiger partial charge in [0.25, 0.3) is 0 Å². The Morgan fingerprint density at radius 1 is 0.590 bits per heavy atom. The number of imidazole rings is 1. The summed E-state index contributed by atoms with van der Waals surface area (Å²) in [7, 11) is 0. The lowest BCUT2D eigenvalue weighted by Crippen LogP contribution is -2.30. The first-order valence-corrected chi connectivity index (χ1v) is 13.4. The number of hydrogen-bond donors (Lipinski definition) is 0. The molecule has 0 saturated carbocycles. The van der Waals surface area contributed by atoms with E-state index < -0.39 is 0 Å². The van der Waals surface area contributed by atoms with Gasteiger partial charge in [-0.1, -0.05) is 74.5 Å². The maximum absolute atomic E-state index is 5.22. The minimum absolute atomic E-state index is 0.194. The van der Waals surface area contributed by atoms with Crippen LogP contribution in [0.25, 0.3) is 39.0 Å². The van der Waals surface area contributed by atoms with Crippen molar-refractivity contribution in [2.24, 2.45) is 0 Å². The highest BCUT2D eigenvalue weighted by Gasteiger charge is 2.37. The van der Waals surface area contributed by atoms with E-state index in [-0.39, 0.29) is 5.41 Å². The summed E-state index contributed by atoms with van der Waals surface area (Å²) in [6.45, 7) is 4.65. The van der Waals surface area contributed by atoms with Crippen LogP contribution in [0.4, 0.5) is 17.1 Å². The molecule has 3 heterocycles. The van der Waals surface area contributed by atoms with Crippen LogP contribution in [0.1, 0.15) is 25.0 Å². The molecule has 0 bridgehead atoms. The van der Waals surface area contributed by atoms with Crippen LogP contribution in [-0.2, 0) is 5.41 Å². The molecule has 0 spiro atoms. The van der Waals surface area contributed by atoms with E-state index in [0.717, 1.165) is 44.7 Å². The minimum atomic E-state index is -0.194. The molecule has 1 aliphatic rings. The quantitative estimate of drug-likeness (QED) is 0.237. The summed E-state index contributed by atoms with van der Waals surface area (Å²) in [4.78, 5) is 12.6. The third-order valence-corrected chi connectivity index (χ3v) is 8.15. The Morgan fingerprint density at radius 2 is 1.28 bits per heavy atom. The van der Waals surface area contributed by atoms with Gasteiger partial charge in [0.15, 0.2) is 0 Å². The molecule has 4 heteroatoms. The Balaban J connectivity index is 1.44. The highest BCUT2D eigenvalue weighted by atomic mass is 15.2. The van der Waals surface area contributed by atoms with E-state index in [1.54, 1.807) is 0 Å². The predicted octanol–water partition coefficient (Wildman–Crippen LogP) is 8.81. The second-order valence-electron chi connectivity index (χ2n) is 10.8. The van der Waals surface area contributed by atoms with Gasteiger partial charge in [0.2, 0.25) is 0 Å². The number of para-hydroxylation sites is 5. The van der Waals surface area contributed by atoms with Gasteiger partial charge in [0.05, 0.1) is 27.9 Å². The van der Waals surface area contributed by atoms with E-state index >= 15 is 0 Å². The lowest BCUT2D eigenvalue weighted by molar-refractivity contribution is 0.632. The normalized spacial score (nSPS) is 14.1. The van der Waals surface area contributed by atoms with E-state index in [4.69, 9.17) is 9.97 Å². The molecular weight excluding hydrogens is 476 g/mol. The first kappa shape index (κ1) is 22.1. The molecule has 0 amide bonds. The van der Waals surface area contributed by atoms with Crippen LogP contribution in [0.2, 0.25) is 0 Å². The molecule has 0 fully saturated rings. The van der Waals surface area contributed by atoms with Crippen molar-refractivity contribution in [2.45, 2.75) is 19.3 Å². The van der Waals surface area contributed by atoms with Gasteiger partial charge < -0.3 is 4.90 Å². The van der Waals surface area contributed by atoms with E-state index in [9.17, 15) is 0 Å². The highest BCUT2D eigenvalue weighted by Crippen LogP contribution is 2.52. The molecule has 2 aromatic heterocycles. The molecule has 7 aromatic rings. The Morgan fingerprint density at radius 3 is 2.15 bits per heavy atom. The lowest BCUT2D eigenvalue weighted by atomic mass is 9.73. The van der Waals surface area contributed by atoms with Crippen molar-refractivity contribution in [3.8, 4) is 11.4 Å². The summed E-state index contributed by atoms with van der Waals surface area (Å²) in [5, 5.41) is 1.06. The molecule has 0 saturated heterocycles. The number of nitrogens with zero attached hydrogens (tertiary/aromatic N) is 4. The Labute approximate surface area is 226 Å². The summed E-state index contributed by atoms with van der Waals surface area (Å²) < 4.78 is 2.22. The number of fused-ring (bicyclic) bond motifs is 7. The molecule has 5 aromatic carbocycles. The third kappa shape index (κ3) is 3.12. The van der Waals surface area contributed by atoms with E-state index in [0.29, 0.717) is 0 Å². The van der Waals surface area contributed by atoms with E-state index in [1.165, 1.54) is 22.5 Å². The maximum atomic E-state index is 5.22. The Hall–Kier alpha value is -4.96. The standard InChI is InChI=1S/C35H26N4/c1-35(2)26-15-7-10-18-30(26)38(24-12-4-3-5-13-24)31-21-20-23(22-27(31)35)33-36-28-16-8-6-14-25(28)34-37-29-17-9-11-19-32(29)39(33)34/h3-22H,1-2H3. The summed E-state index contributed by atoms with van der Waals surface area (Å²) in [6, 6.07) is 42.8. The van der Waals surface area contributed by atoms with Crippen LogP contribution >= 0.6 is 0 Å². The van der Waals surface area contributed by atoms with Gasteiger partial charge >= 0.3 is 0 Å². The van der Waals surface area contributed by atoms with Crippen molar-refractivity contribution in [2.75, 3.05) is 4.90 Å². The van der Waals surface area contributed by atoms with Gasteiger partial charge in [-0.15, -0.1) is 0 Å². The summed E-state index contributed by atoms with van der Waals surface area (Å²) >= 11 is 0. The van der Waals surface area contributed by atoms with Gasteiger partial charge in [0, 0.05) is 22.1 Å². The van der Waals surface area contributed by atoms with Crippen LogP contribution in [0.15, 0.2) is 121 Å². The molecule has 0 unspecified atom stereocenters. The van der Waals surface area contributed by atoms with E-state index in [1.807, 2.05) is 12.1 Å². The fourth-order valence-corrected chi connectivity index (χ4v) is 6.24. The van der Waals surface area contributed by atoms with Crippen molar-refractivity contribution < 1.29 is 0 Å². The predicted molar refractivity (Wildman–Crippen MR) is 160 cm³/mol. The first-order chi connectivity index (χ1) is 19.1. The fraction of sp³-hybridized carbons (Fsp3) is 0.0857. The lowest BCUT2D eigenvalue weighted by Gasteiger charge is -2.42. The summed E-state index contributed by atoms with van der Waals surface area (Å²) in [5.74, 6) is 0.904. The van der Waals surface area contributed by atoms with Crippen molar-refractivity contribution in [3.63, 3.8) is 0 Å². The zero-order valence-electron chi connectivity index (χ0n) is 21.8. The van der Waals surface area contributed by atoms with Gasteiger partial charge in [-0.25, -0.2) is 9.97 Å². The molecule has 1 aliphatic heterocycles. The van der Waals surface area contributed by atoms with Crippen LogP contribution < -0.4 is 4.90 Å². The number of benzene rings is 5. The van der Waals surface area contributed by atoms with Crippen LogP contribution in [0.5, 0.6) is 0 Å². The fourth-order valence-electron chi connectivity index (χ4n) is 6.24. The zero-order valence-corrected chi connectivity index (χ0v) is 21.8.